The van der Waals surface area contributed by atoms with Gasteiger partial charge in [-0.1, -0.05) is 73.1 Å². The maximum atomic E-state index is 13.6. The molecule has 0 bridgehead atoms. The summed E-state index contributed by atoms with van der Waals surface area (Å²) in [5.41, 5.74) is 14.5. The fourth-order valence-electron chi connectivity index (χ4n) is 6.41. The highest BCUT2D eigenvalue weighted by molar-refractivity contribution is 6.05. The van der Waals surface area contributed by atoms with Crippen molar-refractivity contribution in [3.63, 3.8) is 0 Å². The Labute approximate surface area is 296 Å². The number of nitrogens with zero attached hydrogens (tertiary/aromatic N) is 1. The van der Waals surface area contributed by atoms with Gasteiger partial charge in [0.15, 0.2) is 0 Å². The normalized spacial score (nSPS) is 15.5. The molecule has 0 unspecified atom stereocenters. The Hall–Kier alpha value is -5.11. The first-order chi connectivity index (χ1) is 23.7. The molecule has 2 aromatic carbocycles. The molecular formula is C42H51N3O5. The first-order valence-electron chi connectivity index (χ1n) is 17.2. The minimum Gasteiger partial charge on any atom is -0.497 e. The molecule has 8 heteroatoms. The third kappa shape index (κ3) is 9.11. The molecule has 1 amide bonds. The van der Waals surface area contributed by atoms with Gasteiger partial charge in [0.25, 0.3) is 5.91 Å². The van der Waals surface area contributed by atoms with E-state index in [1.54, 1.807) is 42.9 Å². The van der Waals surface area contributed by atoms with Crippen LogP contribution in [-0.4, -0.2) is 42.6 Å². The number of allylic oxidation sites excluding steroid dienone is 9. The summed E-state index contributed by atoms with van der Waals surface area (Å²) in [6.07, 6.45) is 13.6. The number of carbonyl (C=O) groups is 3. The molecule has 3 N–H and O–H groups in total. The SMILES string of the molecule is COc1ccc2c(c1)c(CC(=O)NCCOC(=O)\C(N)=C(C)/C=C/C=C(C)/C=C/C1=C(C)CCCC1(C)C)c(C)n2C(=O)c1ccc(C)cc1. The fourth-order valence-corrected chi connectivity index (χ4v) is 6.41. The number of methoxy groups -OCH3 is 1. The van der Waals surface area contributed by atoms with Crippen molar-refractivity contribution in [2.75, 3.05) is 20.3 Å². The number of hydrogen-bond acceptors (Lipinski definition) is 6. The number of esters is 1. The molecule has 0 atom stereocenters. The van der Waals surface area contributed by atoms with Gasteiger partial charge < -0.3 is 20.5 Å². The van der Waals surface area contributed by atoms with Gasteiger partial charge in [-0.25, -0.2) is 4.79 Å². The molecular weight excluding hydrogens is 626 g/mol. The number of nitrogens with one attached hydrogen (secondary N) is 1. The van der Waals surface area contributed by atoms with E-state index in [4.69, 9.17) is 15.2 Å². The van der Waals surface area contributed by atoms with Crippen LogP contribution in [0, 0.1) is 19.3 Å². The monoisotopic (exact) mass is 677 g/mol. The van der Waals surface area contributed by atoms with Crippen LogP contribution in [0.15, 0.2) is 101 Å². The average Bonchev–Trinajstić information content (AvgIpc) is 3.35. The van der Waals surface area contributed by atoms with Gasteiger partial charge >= 0.3 is 5.97 Å². The number of amides is 1. The van der Waals surface area contributed by atoms with Crippen molar-refractivity contribution in [1.29, 1.82) is 0 Å². The van der Waals surface area contributed by atoms with E-state index in [0.29, 0.717) is 33.7 Å². The van der Waals surface area contributed by atoms with Crippen LogP contribution in [-0.2, 0) is 20.7 Å². The van der Waals surface area contributed by atoms with Gasteiger partial charge in [-0.3, -0.25) is 14.2 Å². The molecule has 1 heterocycles. The molecule has 0 aliphatic heterocycles. The van der Waals surface area contributed by atoms with E-state index in [9.17, 15) is 14.4 Å². The summed E-state index contributed by atoms with van der Waals surface area (Å²) in [5, 5.41) is 3.57. The molecule has 0 radical (unpaired) electrons. The quantitative estimate of drug-likeness (QED) is 0.0870. The van der Waals surface area contributed by atoms with Gasteiger partial charge in [0, 0.05) is 16.6 Å². The van der Waals surface area contributed by atoms with Gasteiger partial charge in [-0.05, 0) is 106 Å². The lowest BCUT2D eigenvalue weighted by atomic mass is 9.72. The highest BCUT2D eigenvalue weighted by Crippen LogP contribution is 2.40. The fraction of sp³-hybridized carbons (Fsp3) is 0.357. The predicted octanol–water partition coefficient (Wildman–Crippen LogP) is 7.98. The lowest BCUT2D eigenvalue weighted by molar-refractivity contribution is -0.139. The molecule has 0 spiro atoms. The molecule has 3 aromatic rings. The Kier molecular flexibility index (Phi) is 12.5. The van der Waals surface area contributed by atoms with Gasteiger partial charge in [0.05, 0.1) is 25.6 Å². The van der Waals surface area contributed by atoms with E-state index in [0.717, 1.165) is 22.9 Å². The highest BCUT2D eigenvalue weighted by Gasteiger charge is 2.26. The van der Waals surface area contributed by atoms with Crippen molar-refractivity contribution in [2.45, 2.75) is 74.1 Å². The van der Waals surface area contributed by atoms with E-state index in [1.807, 2.05) is 57.2 Å². The number of rotatable bonds is 12. The third-order valence-corrected chi connectivity index (χ3v) is 9.44. The lowest BCUT2D eigenvalue weighted by Crippen LogP contribution is -2.30. The van der Waals surface area contributed by atoms with E-state index in [2.05, 4.69) is 38.2 Å². The van der Waals surface area contributed by atoms with Crippen LogP contribution in [0.5, 0.6) is 5.75 Å². The smallest absolute Gasteiger partial charge is 0.354 e. The van der Waals surface area contributed by atoms with Crippen LogP contribution in [0.3, 0.4) is 0 Å². The summed E-state index contributed by atoms with van der Waals surface area (Å²) in [6.45, 7) is 14.5. The Morgan fingerprint density at radius 3 is 2.42 bits per heavy atom. The van der Waals surface area contributed by atoms with E-state index < -0.39 is 5.97 Å². The zero-order chi connectivity index (χ0) is 36.6. The standard InChI is InChI=1S/C42H51N3O5/c1-27(16-20-36-29(3)13-10-22-42(36,6)7)11-9-12-30(4)39(43)41(48)50-24-23-44-38(46)26-34-31(5)45(37-21-19-33(49-8)25-35(34)37)40(47)32-17-14-28(2)15-18-32/h9,11-12,14-21,25H,10,13,22-24,26,43H2,1-8H3,(H,44,46)/b12-9+,20-16+,27-11+,39-30+. The Balaban J connectivity index is 1.34. The molecule has 1 aliphatic rings. The number of aromatic nitrogens is 1. The van der Waals surface area contributed by atoms with E-state index in [-0.39, 0.29) is 42.5 Å². The summed E-state index contributed by atoms with van der Waals surface area (Å²) in [4.78, 5) is 39.3. The van der Waals surface area contributed by atoms with Crippen LogP contribution in [0.25, 0.3) is 10.9 Å². The van der Waals surface area contributed by atoms with Crippen molar-refractivity contribution in [3.8, 4) is 5.75 Å². The molecule has 264 valence electrons. The number of ether oxygens (including phenoxy) is 2. The summed E-state index contributed by atoms with van der Waals surface area (Å²) in [5.74, 6) is -0.478. The Morgan fingerprint density at radius 2 is 1.74 bits per heavy atom. The van der Waals surface area contributed by atoms with Gasteiger partial charge in [0.2, 0.25) is 5.91 Å². The topological polar surface area (TPSA) is 113 Å². The van der Waals surface area contributed by atoms with Crippen molar-refractivity contribution in [2.24, 2.45) is 11.1 Å². The second-order valence-electron chi connectivity index (χ2n) is 13.7. The summed E-state index contributed by atoms with van der Waals surface area (Å²) in [6, 6.07) is 12.9. The molecule has 8 nitrogen and oxygen atoms in total. The van der Waals surface area contributed by atoms with E-state index in [1.165, 1.54) is 24.0 Å². The minimum absolute atomic E-state index is 0.00883. The van der Waals surface area contributed by atoms with Crippen LogP contribution in [0.1, 0.15) is 81.1 Å². The van der Waals surface area contributed by atoms with Crippen LogP contribution >= 0.6 is 0 Å². The van der Waals surface area contributed by atoms with Crippen molar-refractivity contribution in [1.82, 2.24) is 9.88 Å². The number of carbonyl (C=O) groups excluding carboxylic acids is 3. The second-order valence-corrected chi connectivity index (χ2v) is 13.7. The largest absolute Gasteiger partial charge is 0.497 e. The van der Waals surface area contributed by atoms with Gasteiger partial charge in [0.1, 0.15) is 18.1 Å². The molecule has 1 aromatic heterocycles. The number of fused-ring (bicyclic) bond motifs is 1. The predicted molar refractivity (Wildman–Crippen MR) is 201 cm³/mol. The van der Waals surface area contributed by atoms with Crippen LogP contribution < -0.4 is 15.8 Å². The van der Waals surface area contributed by atoms with Crippen molar-refractivity contribution >= 4 is 28.7 Å². The molecule has 50 heavy (non-hydrogen) atoms. The molecule has 1 aliphatic carbocycles. The maximum Gasteiger partial charge on any atom is 0.354 e. The summed E-state index contributed by atoms with van der Waals surface area (Å²) in [7, 11) is 1.57. The lowest BCUT2D eigenvalue weighted by Gasteiger charge is -2.32. The van der Waals surface area contributed by atoms with Crippen molar-refractivity contribution in [3.05, 3.63) is 123 Å². The molecule has 0 saturated heterocycles. The number of nitrogens with two attached hydrogens (primary N) is 1. The highest BCUT2D eigenvalue weighted by atomic mass is 16.5. The number of hydrogen-bond donors (Lipinski definition) is 2. The third-order valence-electron chi connectivity index (χ3n) is 9.44. The van der Waals surface area contributed by atoms with Crippen LogP contribution in [0.4, 0.5) is 0 Å². The Bertz CT molecular complexity index is 1920. The van der Waals surface area contributed by atoms with Crippen LogP contribution in [0.2, 0.25) is 0 Å². The zero-order valence-corrected chi connectivity index (χ0v) is 30.7. The zero-order valence-electron chi connectivity index (χ0n) is 30.7. The van der Waals surface area contributed by atoms with Crippen molar-refractivity contribution < 1.29 is 23.9 Å². The molecule has 0 fully saturated rings. The van der Waals surface area contributed by atoms with E-state index >= 15 is 0 Å². The summed E-state index contributed by atoms with van der Waals surface area (Å²) >= 11 is 0. The first-order valence-corrected chi connectivity index (χ1v) is 17.2. The second kappa shape index (κ2) is 16.5. The number of aryl methyl sites for hydroxylation is 1. The summed E-state index contributed by atoms with van der Waals surface area (Å²) < 4.78 is 12.4. The molecule has 4 rings (SSSR count). The maximum absolute atomic E-state index is 13.6. The first kappa shape index (κ1) is 37.7. The molecule has 0 saturated carbocycles. The minimum atomic E-state index is -0.649. The van der Waals surface area contributed by atoms with Gasteiger partial charge in [-0.15, -0.1) is 0 Å². The Morgan fingerprint density at radius 1 is 1.02 bits per heavy atom. The average molecular weight is 678 g/mol. The van der Waals surface area contributed by atoms with Gasteiger partial charge in [-0.2, -0.15) is 0 Å². The number of benzene rings is 2.